The number of hydrogen-bond donors (Lipinski definition) is 1. The molecule has 0 aliphatic heterocycles. The Morgan fingerprint density at radius 3 is 2.08 bits per heavy atom. The molecule has 3 rings (SSSR count). The maximum atomic E-state index is 13.7. The van der Waals surface area contributed by atoms with E-state index >= 15 is 0 Å². The van der Waals surface area contributed by atoms with Crippen molar-refractivity contribution in [1.82, 2.24) is 10.2 Å². The molecule has 3 aromatic rings. The van der Waals surface area contributed by atoms with E-state index in [1.165, 1.54) is 41.3 Å². The molecule has 0 saturated carbocycles. The smallest absolute Gasteiger partial charge is 0.264 e. The maximum Gasteiger partial charge on any atom is 0.264 e. The molecule has 1 N–H and O–H groups in total. The van der Waals surface area contributed by atoms with E-state index in [0.717, 1.165) is 10.7 Å². The summed E-state index contributed by atoms with van der Waals surface area (Å²) in [6.07, 6.45) is 0.724. The van der Waals surface area contributed by atoms with E-state index in [0.29, 0.717) is 17.8 Å². The molecule has 9 heteroatoms. The van der Waals surface area contributed by atoms with Crippen LogP contribution in [0.15, 0.2) is 89.8 Å². The van der Waals surface area contributed by atoms with Crippen molar-refractivity contribution in [2.75, 3.05) is 17.4 Å². The maximum absolute atomic E-state index is 13.7. The van der Waals surface area contributed by atoms with E-state index in [4.69, 9.17) is 0 Å². The zero-order valence-corrected chi connectivity index (χ0v) is 21.1. The number of amides is 2. The van der Waals surface area contributed by atoms with Crippen molar-refractivity contribution in [3.8, 4) is 0 Å². The predicted octanol–water partition coefficient (Wildman–Crippen LogP) is 3.96. The van der Waals surface area contributed by atoms with E-state index in [-0.39, 0.29) is 17.3 Å². The summed E-state index contributed by atoms with van der Waals surface area (Å²) in [6.45, 7) is 3.44. The number of anilines is 1. The third-order valence-corrected chi connectivity index (χ3v) is 7.43. The van der Waals surface area contributed by atoms with Crippen molar-refractivity contribution in [3.63, 3.8) is 0 Å². The normalized spacial score (nSPS) is 12.0. The Balaban J connectivity index is 1.97. The van der Waals surface area contributed by atoms with Crippen LogP contribution in [0, 0.1) is 5.82 Å². The van der Waals surface area contributed by atoms with Crippen LogP contribution in [-0.2, 0) is 26.2 Å². The summed E-state index contributed by atoms with van der Waals surface area (Å²) >= 11 is 0. The molecular formula is C27H30FN3O4S. The first-order valence-electron chi connectivity index (χ1n) is 11.7. The van der Waals surface area contributed by atoms with E-state index in [1.54, 1.807) is 55.5 Å². The van der Waals surface area contributed by atoms with Gasteiger partial charge in [0.05, 0.1) is 10.6 Å². The van der Waals surface area contributed by atoms with Crippen molar-refractivity contribution < 1.29 is 22.4 Å². The SMILES string of the molecule is CCCNC(=O)[C@H](C)N(Cc1ccc(F)cc1)C(=O)CN(c1ccccc1)S(=O)(=O)c1ccccc1. The summed E-state index contributed by atoms with van der Waals surface area (Å²) in [7, 11) is -4.09. The molecule has 0 saturated heterocycles. The van der Waals surface area contributed by atoms with Gasteiger partial charge in [0.15, 0.2) is 0 Å². The van der Waals surface area contributed by atoms with Crippen molar-refractivity contribution in [3.05, 3.63) is 96.3 Å². The predicted molar refractivity (Wildman–Crippen MR) is 137 cm³/mol. The van der Waals surface area contributed by atoms with Crippen LogP contribution in [0.4, 0.5) is 10.1 Å². The highest BCUT2D eigenvalue weighted by Gasteiger charge is 2.32. The average molecular weight is 512 g/mol. The molecule has 0 fully saturated rings. The van der Waals surface area contributed by atoms with Gasteiger partial charge in [0.1, 0.15) is 18.4 Å². The van der Waals surface area contributed by atoms with Crippen molar-refractivity contribution >= 4 is 27.5 Å². The number of rotatable bonds is 11. The highest BCUT2D eigenvalue weighted by Crippen LogP contribution is 2.24. The van der Waals surface area contributed by atoms with E-state index < -0.39 is 34.3 Å². The fraction of sp³-hybridized carbons (Fsp3) is 0.259. The minimum atomic E-state index is -4.09. The first-order valence-corrected chi connectivity index (χ1v) is 13.1. The minimum absolute atomic E-state index is 0.00778. The Morgan fingerprint density at radius 1 is 0.917 bits per heavy atom. The van der Waals surface area contributed by atoms with Crippen LogP contribution in [0.1, 0.15) is 25.8 Å². The van der Waals surface area contributed by atoms with Gasteiger partial charge in [0, 0.05) is 13.1 Å². The molecular weight excluding hydrogens is 481 g/mol. The van der Waals surface area contributed by atoms with Crippen molar-refractivity contribution in [2.24, 2.45) is 0 Å². The van der Waals surface area contributed by atoms with Crippen LogP contribution < -0.4 is 9.62 Å². The van der Waals surface area contributed by atoms with Gasteiger partial charge in [-0.15, -0.1) is 0 Å². The van der Waals surface area contributed by atoms with Gasteiger partial charge in [-0.2, -0.15) is 0 Å². The van der Waals surface area contributed by atoms with Gasteiger partial charge in [-0.3, -0.25) is 13.9 Å². The summed E-state index contributed by atoms with van der Waals surface area (Å²) in [5, 5.41) is 2.78. The van der Waals surface area contributed by atoms with Gasteiger partial charge in [0.25, 0.3) is 10.0 Å². The molecule has 0 aromatic heterocycles. The molecule has 3 aromatic carbocycles. The number of sulfonamides is 1. The number of nitrogens with one attached hydrogen (secondary N) is 1. The second-order valence-corrected chi connectivity index (χ2v) is 10.1. The first-order chi connectivity index (χ1) is 17.2. The lowest BCUT2D eigenvalue weighted by Gasteiger charge is -2.32. The topological polar surface area (TPSA) is 86.8 Å². The van der Waals surface area contributed by atoms with E-state index in [1.807, 2.05) is 6.92 Å². The molecule has 0 bridgehead atoms. The van der Waals surface area contributed by atoms with Crippen LogP contribution in [0.5, 0.6) is 0 Å². The fourth-order valence-electron chi connectivity index (χ4n) is 3.61. The monoisotopic (exact) mass is 511 g/mol. The van der Waals surface area contributed by atoms with Gasteiger partial charge in [-0.1, -0.05) is 55.5 Å². The largest absolute Gasteiger partial charge is 0.354 e. The number of para-hydroxylation sites is 1. The molecule has 0 unspecified atom stereocenters. The molecule has 0 radical (unpaired) electrons. The molecule has 1 atom stereocenters. The molecule has 0 aliphatic rings. The number of halogens is 1. The lowest BCUT2D eigenvalue weighted by Crippen LogP contribution is -2.51. The highest BCUT2D eigenvalue weighted by atomic mass is 32.2. The second-order valence-electron chi connectivity index (χ2n) is 8.28. The lowest BCUT2D eigenvalue weighted by molar-refractivity contribution is -0.139. The van der Waals surface area contributed by atoms with Crippen LogP contribution in [0.2, 0.25) is 0 Å². The molecule has 0 heterocycles. The molecule has 190 valence electrons. The fourth-order valence-corrected chi connectivity index (χ4v) is 5.04. The van der Waals surface area contributed by atoms with Crippen LogP contribution >= 0.6 is 0 Å². The molecule has 2 amide bonds. The van der Waals surface area contributed by atoms with E-state index in [2.05, 4.69) is 5.32 Å². The Kier molecular flexibility index (Phi) is 9.19. The quantitative estimate of drug-likeness (QED) is 0.422. The summed E-state index contributed by atoms with van der Waals surface area (Å²) < 4.78 is 41.6. The minimum Gasteiger partial charge on any atom is -0.354 e. The van der Waals surface area contributed by atoms with Gasteiger partial charge < -0.3 is 10.2 Å². The van der Waals surface area contributed by atoms with Crippen molar-refractivity contribution in [1.29, 1.82) is 0 Å². The molecule has 0 spiro atoms. The lowest BCUT2D eigenvalue weighted by atomic mass is 10.1. The van der Waals surface area contributed by atoms with Crippen LogP contribution in [-0.4, -0.2) is 44.3 Å². The zero-order valence-electron chi connectivity index (χ0n) is 20.3. The van der Waals surface area contributed by atoms with E-state index in [9.17, 15) is 22.4 Å². The van der Waals surface area contributed by atoms with Gasteiger partial charge in [-0.05, 0) is 55.3 Å². The Hall–Kier alpha value is -3.72. The van der Waals surface area contributed by atoms with Crippen LogP contribution in [0.25, 0.3) is 0 Å². The van der Waals surface area contributed by atoms with Gasteiger partial charge >= 0.3 is 0 Å². The van der Waals surface area contributed by atoms with Crippen molar-refractivity contribution in [2.45, 2.75) is 37.8 Å². The van der Waals surface area contributed by atoms with Crippen LogP contribution in [0.3, 0.4) is 0 Å². The number of carbonyl (C=O) groups excluding carboxylic acids is 2. The third-order valence-electron chi connectivity index (χ3n) is 5.64. The average Bonchev–Trinajstić information content (AvgIpc) is 2.90. The number of hydrogen-bond acceptors (Lipinski definition) is 4. The Morgan fingerprint density at radius 2 is 1.50 bits per heavy atom. The second kappa shape index (κ2) is 12.3. The molecule has 7 nitrogen and oxygen atoms in total. The van der Waals surface area contributed by atoms with Gasteiger partial charge in [0.2, 0.25) is 11.8 Å². The number of benzene rings is 3. The standard InChI is InChI=1S/C27H30FN3O4S/c1-3-18-29-27(33)21(2)30(19-22-14-16-23(28)17-15-22)26(32)20-31(24-10-6-4-7-11-24)36(34,35)25-12-8-5-9-13-25/h4-17,21H,3,18-20H2,1-2H3,(H,29,33)/t21-/m0/s1. The highest BCUT2D eigenvalue weighted by molar-refractivity contribution is 7.92. The third kappa shape index (κ3) is 6.69. The zero-order chi connectivity index (χ0) is 26.1. The van der Waals surface area contributed by atoms with Gasteiger partial charge in [-0.25, -0.2) is 12.8 Å². The number of carbonyl (C=O) groups is 2. The Labute approximate surface area is 211 Å². The summed E-state index contributed by atoms with van der Waals surface area (Å²) in [6, 6.07) is 20.9. The first kappa shape index (κ1) is 26.9. The molecule has 0 aliphatic carbocycles. The number of nitrogens with zero attached hydrogens (tertiary/aromatic N) is 2. The summed E-state index contributed by atoms with van der Waals surface area (Å²) in [5.41, 5.74) is 0.927. The summed E-state index contributed by atoms with van der Waals surface area (Å²) in [5.74, 6) is -1.35. The Bertz CT molecular complexity index is 1250. The summed E-state index contributed by atoms with van der Waals surface area (Å²) in [4.78, 5) is 27.8. The molecule has 36 heavy (non-hydrogen) atoms.